The van der Waals surface area contributed by atoms with Crippen LogP contribution in [0.5, 0.6) is 0 Å². The fourth-order valence-corrected chi connectivity index (χ4v) is 9.93. The molecule has 0 saturated carbocycles. The first-order valence-electron chi connectivity index (χ1n) is 21.2. The molecule has 4 heteroatoms. The fraction of sp³-hybridized carbons (Fsp3) is 0.0169. The second kappa shape index (κ2) is 14.6. The average molecular weight is 801 g/mol. The van der Waals surface area contributed by atoms with Gasteiger partial charge in [-0.2, -0.15) is 5.26 Å². The minimum Gasteiger partial charge on any atom is -0.208 e. The molecule has 1 heterocycles. The number of nitrogens with zero attached hydrogens (tertiary/aromatic N) is 4. The predicted octanol–water partition coefficient (Wildman–Crippen LogP) is 14.1. The monoisotopic (exact) mass is 800 g/mol. The van der Waals surface area contributed by atoms with E-state index in [1.54, 1.807) is 0 Å². The van der Waals surface area contributed by atoms with Gasteiger partial charge >= 0.3 is 0 Å². The van der Waals surface area contributed by atoms with E-state index >= 15 is 0 Å². The standard InChI is InChI=1S/C59H36N4/c60-37-38-27-29-50-51-36-43(28-30-54(51)59(55(50)31-38)52-25-12-10-23-48(52)49-24-11-13-26-53(49)59)42-21-14-22-44(32-42)57-61-56(41-19-8-3-9-20-41)62-58(63-57)47-34-45(39-15-4-1-5-16-39)33-46(35-47)40-17-6-2-7-18-40/h1-36H. The first kappa shape index (κ1) is 36.3. The lowest BCUT2D eigenvalue weighted by Gasteiger charge is -2.30. The Balaban J connectivity index is 1.01. The number of hydrogen-bond donors (Lipinski definition) is 0. The van der Waals surface area contributed by atoms with Crippen molar-refractivity contribution in [3.8, 4) is 95.9 Å². The highest BCUT2D eigenvalue weighted by Crippen LogP contribution is 2.63. The van der Waals surface area contributed by atoms with Crippen molar-refractivity contribution >= 4 is 0 Å². The average Bonchev–Trinajstić information content (AvgIpc) is 3.83. The molecule has 0 N–H and O–H groups in total. The third-order valence-corrected chi connectivity index (χ3v) is 12.7. The van der Waals surface area contributed by atoms with E-state index in [9.17, 15) is 5.26 Å². The lowest BCUT2D eigenvalue weighted by Crippen LogP contribution is -2.25. The van der Waals surface area contributed by atoms with Crippen LogP contribution in [0, 0.1) is 11.3 Å². The predicted molar refractivity (Wildman–Crippen MR) is 253 cm³/mol. The van der Waals surface area contributed by atoms with Crippen molar-refractivity contribution in [2.75, 3.05) is 0 Å². The number of hydrogen-bond acceptors (Lipinski definition) is 4. The lowest BCUT2D eigenvalue weighted by molar-refractivity contribution is 0.793. The molecular formula is C59H36N4. The molecule has 292 valence electrons. The van der Waals surface area contributed by atoms with E-state index in [1.165, 1.54) is 33.4 Å². The summed E-state index contributed by atoms with van der Waals surface area (Å²) < 4.78 is 0. The summed E-state index contributed by atoms with van der Waals surface area (Å²) in [5.41, 5.74) is 19.1. The quantitative estimate of drug-likeness (QED) is 0.168. The number of benzene rings is 9. The van der Waals surface area contributed by atoms with Crippen LogP contribution in [0.2, 0.25) is 0 Å². The van der Waals surface area contributed by atoms with E-state index in [0.29, 0.717) is 23.0 Å². The zero-order valence-corrected chi connectivity index (χ0v) is 34.1. The Morgan fingerprint density at radius 1 is 0.286 bits per heavy atom. The molecule has 0 radical (unpaired) electrons. The van der Waals surface area contributed by atoms with Gasteiger partial charge in [-0.1, -0.05) is 176 Å². The van der Waals surface area contributed by atoms with E-state index in [0.717, 1.165) is 61.2 Å². The molecule has 12 rings (SSSR count). The molecule has 1 spiro atoms. The molecule has 0 unspecified atom stereocenters. The molecular weight excluding hydrogens is 765 g/mol. The fourth-order valence-electron chi connectivity index (χ4n) is 9.93. The number of fused-ring (bicyclic) bond motifs is 10. The van der Waals surface area contributed by atoms with Crippen LogP contribution in [0.3, 0.4) is 0 Å². The van der Waals surface area contributed by atoms with E-state index in [-0.39, 0.29) is 0 Å². The van der Waals surface area contributed by atoms with Crippen LogP contribution in [-0.4, -0.2) is 15.0 Å². The highest BCUT2D eigenvalue weighted by molar-refractivity contribution is 5.96. The summed E-state index contributed by atoms with van der Waals surface area (Å²) in [6, 6.07) is 79.2. The lowest BCUT2D eigenvalue weighted by atomic mass is 9.70. The van der Waals surface area contributed by atoms with Crippen LogP contribution < -0.4 is 0 Å². The highest BCUT2D eigenvalue weighted by atomic mass is 15.0. The van der Waals surface area contributed by atoms with Gasteiger partial charge in [-0.05, 0) is 120 Å². The molecule has 63 heavy (non-hydrogen) atoms. The number of rotatable bonds is 6. The SMILES string of the molecule is N#Cc1ccc2c(c1)C1(c3ccccc3-c3ccccc31)c1ccc(-c3cccc(-c4nc(-c5ccccc5)nc(-c5cc(-c6ccccc6)cc(-c6ccccc6)c5)n4)c3)cc1-2. The Hall–Kier alpha value is -8.52. The van der Waals surface area contributed by atoms with Crippen molar-refractivity contribution in [2.45, 2.75) is 5.41 Å². The zero-order chi connectivity index (χ0) is 41.9. The van der Waals surface area contributed by atoms with Gasteiger partial charge in [0, 0.05) is 16.7 Å². The van der Waals surface area contributed by atoms with Gasteiger partial charge < -0.3 is 0 Å². The maximum atomic E-state index is 10.1. The minimum atomic E-state index is -0.529. The van der Waals surface area contributed by atoms with Crippen molar-refractivity contribution in [1.29, 1.82) is 5.26 Å². The molecule has 0 bridgehead atoms. The Morgan fingerprint density at radius 3 is 1.35 bits per heavy atom. The van der Waals surface area contributed by atoms with Crippen LogP contribution in [0.1, 0.15) is 27.8 Å². The largest absolute Gasteiger partial charge is 0.208 e. The van der Waals surface area contributed by atoms with Crippen LogP contribution in [0.15, 0.2) is 218 Å². The summed E-state index contributed by atoms with van der Waals surface area (Å²) in [6.07, 6.45) is 0. The zero-order valence-electron chi connectivity index (χ0n) is 34.1. The molecule has 0 aliphatic heterocycles. The molecule has 4 nitrogen and oxygen atoms in total. The van der Waals surface area contributed by atoms with Gasteiger partial charge in [0.2, 0.25) is 0 Å². The second-order valence-corrected chi connectivity index (χ2v) is 16.3. The van der Waals surface area contributed by atoms with E-state index in [4.69, 9.17) is 15.0 Å². The van der Waals surface area contributed by atoms with E-state index in [2.05, 4.69) is 176 Å². The van der Waals surface area contributed by atoms with Gasteiger partial charge in [0.15, 0.2) is 17.5 Å². The van der Waals surface area contributed by atoms with Crippen molar-refractivity contribution in [3.63, 3.8) is 0 Å². The Kier molecular flexibility index (Phi) is 8.42. The molecule has 2 aliphatic carbocycles. The van der Waals surface area contributed by atoms with Crippen LogP contribution in [0.4, 0.5) is 0 Å². The molecule has 1 aromatic heterocycles. The summed E-state index contributed by atoms with van der Waals surface area (Å²) in [5.74, 6) is 1.81. The van der Waals surface area contributed by atoms with Crippen LogP contribution >= 0.6 is 0 Å². The molecule has 2 aliphatic rings. The Morgan fingerprint density at radius 2 is 0.730 bits per heavy atom. The second-order valence-electron chi connectivity index (χ2n) is 16.3. The van der Waals surface area contributed by atoms with Crippen molar-refractivity contribution in [3.05, 3.63) is 246 Å². The van der Waals surface area contributed by atoms with Crippen LogP contribution in [-0.2, 0) is 5.41 Å². The van der Waals surface area contributed by atoms with E-state index in [1.807, 2.05) is 48.5 Å². The third kappa shape index (κ3) is 5.86. The smallest absolute Gasteiger partial charge is 0.164 e. The van der Waals surface area contributed by atoms with E-state index < -0.39 is 5.41 Å². The van der Waals surface area contributed by atoms with Crippen LogP contribution in [0.25, 0.3) is 89.8 Å². The van der Waals surface area contributed by atoms with Gasteiger partial charge in [0.05, 0.1) is 17.0 Å². The molecule has 10 aromatic rings. The minimum absolute atomic E-state index is 0.529. The van der Waals surface area contributed by atoms with Gasteiger partial charge in [-0.25, -0.2) is 15.0 Å². The number of aromatic nitrogens is 3. The summed E-state index contributed by atoms with van der Waals surface area (Å²) in [6.45, 7) is 0. The summed E-state index contributed by atoms with van der Waals surface area (Å²) in [5, 5.41) is 10.1. The normalized spacial score (nSPS) is 12.6. The molecule has 0 saturated heterocycles. The van der Waals surface area contributed by atoms with Crippen molar-refractivity contribution in [2.24, 2.45) is 0 Å². The molecule has 0 atom stereocenters. The maximum Gasteiger partial charge on any atom is 0.164 e. The first-order valence-corrected chi connectivity index (χ1v) is 21.2. The Bertz CT molecular complexity index is 3360. The maximum absolute atomic E-state index is 10.1. The summed E-state index contributed by atoms with van der Waals surface area (Å²) >= 11 is 0. The first-order chi connectivity index (χ1) is 31.2. The molecule has 0 amide bonds. The topological polar surface area (TPSA) is 62.5 Å². The third-order valence-electron chi connectivity index (χ3n) is 12.7. The summed E-state index contributed by atoms with van der Waals surface area (Å²) in [7, 11) is 0. The van der Waals surface area contributed by atoms with Gasteiger partial charge in [0.25, 0.3) is 0 Å². The van der Waals surface area contributed by atoms with Gasteiger partial charge in [0.1, 0.15) is 0 Å². The van der Waals surface area contributed by atoms with Gasteiger partial charge in [-0.15, -0.1) is 0 Å². The van der Waals surface area contributed by atoms with Gasteiger partial charge in [-0.3, -0.25) is 0 Å². The Labute approximate surface area is 366 Å². The highest BCUT2D eigenvalue weighted by Gasteiger charge is 2.51. The van der Waals surface area contributed by atoms with Crippen molar-refractivity contribution in [1.82, 2.24) is 15.0 Å². The van der Waals surface area contributed by atoms with Crippen molar-refractivity contribution < 1.29 is 0 Å². The summed E-state index contributed by atoms with van der Waals surface area (Å²) in [4.78, 5) is 15.5. The molecule has 0 fully saturated rings. The number of nitriles is 1. The molecule has 9 aromatic carbocycles.